The summed E-state index contributed by atoms with van der Waals surface area (Å²) < 4.78 is 0. The van der Waals surface area contributed by atoms with Crippen LogP contribution in [0.1, 0.15) is 31.3 Å². The van der Waals surface area contributed by atoms with Gasteiger partial charge < -0.3 is 15.4 Å². The summed E-state index contributed by atoms with van der Waals surface area (Å²) in [5, 5.41) is 17.3. The standard InChI is InChI=1S/C11H19N5O2/c1-4-16(7-11(2,3)18)10(17)8-5-6-9(13-12)15-14-8/h5-6,18H,4,7,12H2,1-3H3,(H,13,15). The number of anilines is 1. The van der Waals surface area contributed by atoms with Crippen LogP contribution in [0.2, 0.25) is 0 Å². The highest BCUT2D eigenvalue weighted by molar-refractivity contribution is 5.92. The quantitative estimate of drug-likeness (QED) is 0.504. The lowest BCUT2D eigenvalue weighted by atomic mass is 10.1. The number of hydrazine groups is 1. The highest BCUT2D eigenvalue weighted by Crippen LogP contribution is 2.09. The Balaban J connectivity index is 2.82. The van der Waals surface area contributed by atoms with E-state index in [0.717, 1.165) is 0 Å². The molecule has 100 valence electrons. The van der Waals surface area contributed by atoms with Gasteiger partial charge in [0.15, 0.2) is 11.5 Å². The van der Waals surface area contributed by atoms with E-state index < -0.39 is 5.60 Å². The summed E-state index contributed by atoms with van der Waals surface area (Å²) >= 11 is 0. The van der Waals surface area contributed by atoms with Crippen molar-refractivity contribution in [3.63, 3.8) is 0 Å². The molecule has 1 aromatic rings. The van der Waals surface area contributed by atoms with Crippen LogP contribution in [-0.2, 0) is 0 Å². The van der Waals surface area contributed by atoms with Crippen LogP contribution >= 0.6 is 0 Å². The van der Waals surface area contributed by atoms with E-state index >= 15 is 0 Å². The number of hydrogen-bond acceptors (Lipinski definition) is 6. The molecule has 4 N–H and O–H groups in total. The van der Waals surface area contributed by atoms with E-state index in [-0.39, 0.29) is 18.1 Å². The zero-order valence-electron chi connectivity index (χ0n) is 10.8. The van der Waals surface area contributed by atoms with E-state index in [1.807, 2.05) is 6.92 Å². The Morgan fingerprint density at radius 3 is 2.56 bits per heavy atom. The molecule has 0 aliphatic rings. The van der Waals surface area contributed by atoms with Crippen molar-refractivity contribution in [2.24, 2.45) is 5.84 Å². The van der Waals surface area contributed by atoms with Crippen molar-refractivity contribution in [3.05, 3.63) is 17.8 Å². The minimum absolute atomic E-state index is 0.222. The van der Waals surface area contributed by atoms with Crippen LogP contribution in [0.15, 0.2) is 12.1 Å². The summed E-state index contributed by atoms with van der Waals surface area (Å²) in [6.45, 7) is 5.86. The number of carbonyl (C=O) groups excluding carboxylic acids is 1. The first-order valence-corrected chi connectivity index (χ1v) is 5.69. The average Bonchev–Trinajstić information content (AvgIpc) is 2.34. The molecule has 1 heterocycles. The van der Waals surface area contributed by atoms with Gasteiger partial charge in [-0.2, -0.15) is 0 Å². The van der Waals surface area contributed by atoms with E-state index in [4.69, 9.17) is 5.84 Å². The Morgan fingerprint density at radius 2 is 2.17 bits per heavy atom. The normalized spacial score (nSPS) is 11.2. The third-order valence-corrected chi connectivity index (χ3v) is 2.28. The maximum atomic E-state index is 12.1. The first kappa shape index (κ1) is 14.3. The van der Waals surface area contributed by atoms with Crippen LogP contribution in [0, 0.1) is 0 Å². The van der Waals surface area contributed by atoms with Gasteiger partial charge in [-0.05, 0) is 32.9 Å². The average molecular weight is 253 g/mol. The monoisotopic (exact) mass is 253 g/mol. The molecule has 0 bridgehead atoms. The zero-order valence-corrected chi connectivity index (χ0v) is 10.8. The number of aromatic nitrogens is 2. The predicted octanol–water partition coefficient (Wildman–Crippen LogP) is -0.00480. The lowest BCUT2D eigenvalue weighted by Crippen LogP contribution is -2.42. The lowest BCUT2D eigenvalue weighted by molar-refractivity contribution is 0.0311. The molecule has 0 aromatic carbocycles. The van der Waals surface area contributed by atoms with Crippen molar-refractivity contribution < 1.29 is 9.90 Å². The Morgan fingerprint density at radius 1 is 1.50 bits per heavy atom. The van der Waals surface area contributed by atoms with Gasteiger partial charge in [0.2, 0.25) is 0 Å². The number of carbonyl (C=O) groups is 1. The smallest absolute Gasteiger partial charge is 0.274 e. The van der Waals surface area contributed by atoms with Crippen LogP contribution in [0.3, 0.4) is 0 Å². The molecule has 0 spiro atoms. The summed E-state index contributed by atoms with van der Waals surface area (Å²) in [6, 6.07) is 3.11. The first-order valence-electron chi connectivity index (χ1n) is 5.69. The molecule has 7 nitrogen and oxygen atoms in total. The van der Waals surface area contributed by atoms with Gasteiger partial charge in [-0.3, -0.25) is 4.79 Å². The SMILES string of the molecule is CCN(CC(C)(C)O)C(=O)c1ccc(NN)nn1. The predicted molar refractivity (Wildman–Crippen MR) is 67.7 cm³/mol. The Kier molecular flexibility index (Phi) is 4.57. The third kappa shape index (κ3) is 3.94. The molecular formula is C11H19N5O2. The second kappa shape index (κ2) is 5.74. The summed E-state index contributed by atoms with van der Waals surface area (Å²) in [4.78, 5) is 13.6. The van der Waals surface area contributed by atoms with Gasteiger partial charge in [-0.1, -0.05) is 0 Å². The van der Waals surface area contributed by atoms with Crippen LogP contribution < -0.4 is 11.3 Å². The summed E-state index contributed by atoms with van der Waals surface area (Å²) in [5.41, 5.74) is 1.61. The third-order valence-electron chi connectivity index (χ3n) is 2.28. The van der Waals surface area contributed by atoms with Crippen molar-refractivity contribution >= 4 is 11.7 Å². The summed E-state index contributed by atoms with van der Waals surface area (Å²) in [5.74, 6) is 5.28. The molecule has 0 fully saturated rings. The van der Waals surface area contributed by atoms with Gasteiger partial charge >= 0.3 is 0 Å². The van der Waals surface area contributed by atoms with E-state index in [1.54, 1.807) is 19.9 Å². The molecule has 0 unspecified atom stereocenters. The minimum atomic E-state index is -0.947. The minimum Gasteiger partial charge on any atom is -0.389 e. The van der Waals surface area contributed by atoms with E-state index in [9.17, 15) is 9.90 Å². The van der Waals surface area contributed by atoms with Crippen molar-refractivity contribution in [2.45, 2.75) is 26.4 Å². The molecule has 1 amide bonds. The van der Waals surface area contributed by atoms with E-state index in [2.05, 4.69) is 15.6 Å². The number of nitrogens with two attached hydrogens (primary N) is 1. The fourth-order valence-corrected chi connectivity index (χ4v) is 1.48. The second-order valence-electron chi connectivity index (χ2n) is 4.58. The van der Waals surface area contributed by atoms with Crippen LogP contribution in [-0.4, -0.2) is 44.8 Å². The molecule has 0 aliphatic carbocycles. The van der Waals surface area contributed by atoms with Crippen molar-refractivity contribution in [3.8, 4) is 0 Å². The van der Waals surface area contributed by atoms with Crippen molar-refractivity contribution in [1.29, 1.82) is 0 Å². The zero-order chi connectivity index (χ0) is 13.8. The maximum absolute atomic E-state index is 12.1. The number of rotatable bonds is 5. The molecule has 18 heavy (non-hydrogen) atoms. The number of hydrogen-bond donors (Lipinski definition) is 3. The highest BCUT2D eigenvalue weighted by Gasteiger charge is 2.23. The molecule has 0 aliphatic heterocycles. The molecule has 0 radical (unpaired) electrons. The topological polar surface area (TPSA) is 104 Å². The number of nitrogen functional groups attached to an aromatic ring is 1. The van der Waals surface area contributed by atoms with E-state index in [0.29, 0.717) is 12.4 Å². The number of likely N-dealkylation sites (N-methyl/N-ethyl adjacent to an activating group) is 1. The van der Waals surface area contributed by atoms with Crippen LogP contribution in [0.5, 0.6) is 0 Å². The molecule has 0 saturated carbocycles. The van der Waals surface area contributed by atoms with Gasteiger partial charge in [0.25, 0.3) is 5.91 Å². The molecule has 1 aromatic heterocycles. The van der Waals surface area contributed by atoms with Crippen molar-refractivity contribution in [1.82, 2.24) is 15.1 Å². The fourth-order valence-electron chi connectivity index (χ4n) is 1.48. The van der Waals surface area contributed by atoms with E-state index in [1.165, 1.54) is 11.0 Å². The molecule has 1 rings (SSSR count). The summed E-state index contributed by atoms with van der Waals surface area (Å²) in [7, 11) is 0. The Hall–Kier alpha value is -1.73. The van der Waals surface area contributed by atoms with Gasteiger partial charge in [0.05, 0.1) is 5.60 Å². The number of nitrogens with zero attached hydrogens (tertiary/aromatic N) is 3. The largest absolute Gasteiger partial charge is 0.389 e. The number of amides is 1. The number of nitrogens with one attached hydrogen (secondary N) is 1. The lowest BCUT2D eigenvalue weighted by Gasteiger charge is -2.27. The maximum Gasteiger partial charge on any atom is 0.274 e. The van der Waals surface area contributed by atoms with Gasteiger partial charge in [0, 0.05) is 13.1 Å². The number of aliphatic hydroxyl groups is 1. The molecule has 7 heteroatoms. The Labute approximate surface area is 106 Å². The van der Waals surface area contributed by atoms with Crippen LogP contribution in [0.4, 0.5) is 5.82 Å². The van der Waals surface area contributed by atoms with Crippen LogP contribution in [0.25, 0.3) is 0 Å². The highest BCUT2D eigenvalue weighted by atomic mass is 16.3. The second-order valence-corrected chi connectivity index (χ2v) is 4.58. The fraction of sp³-hybridized carbons (Fsp3) is 0.545. The molecule has 0 atom stereocenters. The molecule has 0 saturated heterocycles. The van der Waals surface area contributed by atoms with Gasteiger partial charge in [-0.15, -0.1) is 10.2 Å². The molecular weight excluding hydrogens is 234 g/mol. The van der Waals surface area contributed by atoms with Gasteiger partial charge in [0.1, 0.15) is 0 Å². The first-order chi connectivity index (χ1) is 8.37. The Bertz CT molecular complexity index is 399. The summed E-state index contributed by atoms with van der Waals surface area (Å²) in [6.07, 6.45) is 0. The van der Waals surface area contributed by atoms with Crippen molar-refractivity contribution in [2.75, 3.05) is 18.5 Å². The van der Waals surface area contributed by atoms with Gasteiger partial charge in [-0.25, -0.2) is 5.84 Å².